The monoisotopic (exact) mass is 203 g/mol. The van der Waals surface area contributed by atoms with Crippen molar-refractivity contribution in [3.05, 3.63) is 0 Å². The van der Waals surface area contributed by atoms with E-state index in [9.17, 15) is 5.11 Å². The van der Waals surface area contributed by atoms with E-state index in [0.29, 0.717) is 6.54 Å². The van der Waals surface area contributed by atoms with Crippen LogP contribution in [-0.4, -0.2) is 48.8 Å². The molecule has 0 aromatic carbocycles. The Hall–Kier alpha value is -0.420. The van der Waals surface area contributed by atoms with E-state index in [0.717, 1.165) is 23.9 Å². The minimum absolute atomic E-state index is 0.544. The van der Waals surface area contributed by atoms with Crippen LogP contribution in [0.5, 0.6) is 0 Å². The summed E-state index contributed by atoms with van der Waals surface area (Å²) < 4.78 is 0. The highest BCUT2D eigenvalue weighted by molar-refractivity contribution is 7.99. The Morgan fingerprint density at radius 1 is 1.69 bits per heavy atom. The number of aliphatic imine (C=N–C) groups is 1. The Kier molecular flexibility index (Phi) is 3.87. The SMILES string of the molecule is CN=C(NC)NCC1(O)CCSC1. The topological polar surface area (TPSA) is 56.7 Å². The molecule has 0 amide bonds. The van der Waals surface area contributed by atoms with Gasteiger partial charge in [-0.25, -0.2) is 0 Å². The first-order chi connectivity index (χ1) is 6.20. The first-order valence-corrected chi connectivity index (χ1v) is 5.54. The second-order valence-electron chi connectivity index (χ2n) is 3.20. The Morgan fingerprint density at radius 2 is 2.46 bits per heavy atom. The van der Waals surface area contributed by atoms with Gasteiger partial charge in [0, 0.05) is 26.4 Å². The molecule has 3 N–H and O–H groups in total. The van der Waals surface area contributed by atoms with Gasteiger partial charge in [-0.3, -0.25) is 4.99 Å². The van der Waals surface area contributed by atoms with Crippen LogP contribution in [-0.2, 0) is 0 Å². The third kappa shape index (κ3) is 3.08. The number of thioether (sulfide) groups is 1. The van der Waals surface area contributed by atoms with Crippen LogP contribution in [0, 0.1) is 0 Å². The molecular formula is C8H17N3OS. The average Bonchev–Trinajstić information content (AvgIpc) is 2.55. The molecule has 1 saturated heterocycles. The van der Waals surface area contributed by atoms with Crippen LogP contribution in [0.1, 0.15) is 6.42 Å². The maximum Gasteiger partial charge on any atom is 0.190 e. The van der Waals surface area contributed by atoms with Crippen LogP contribution >= 0.6 is 11.8 Å². The number of nitrogens with one attached hydrogen (secondary N) is 2. The summed E-state index contributed by atoms with van der Waals surface area (Å²) in [6.45, 7) is 0.577. The highest BCUT2D eigenvalue weighted by atomic mass is 32.2. The maximum atomic E-state index is 9.97. The maximum absolute atomic E-state index is 9.97. The predicted molar refractivity (Wildman–Crippen MR) is 57.3 cm³/mol. The predicted octanol–water partition coefficient (Wildman–Crippen LogP) is -0.351. The average molecular weight is 203 g/mol. The van der Waals surface area contributed by atoms with Crippen molar-refractivity contribution in [2.45, 2.75) is 12.0 Å². The summed E-state index contributed by atoms with van der Waals surface area (Å²) in [7, 11) is 3.52. The van der Waals surface area contributed by atoms with Gasteiger partial charge in [0.25, 0.3) is 0 Å². The lowest BCUT2D eigenvalue weighted by molar-refractivity contribution is 0.0725. The standard InChI is InChI=1S/C8H17N3OS/c1-9-7(10-2)11-5-8(12)3-4-13-6-8/h12H,3-6H2,1-2H3,(H2,9,10,11). The molecule has 1 aliphatic rings. The molecule has 1 rings (SSSR count). The van der Waals surface area contributed by atoms with Crippen LogP contribution in [0.2, 0.25) is 0 Å². The molecule has 1 aliphatic heterocycles. The van der Waals surface area contributed by atoms with Gasteiger partial charge in [-0.2, -0.15) is 11.8 Å². The van der Waals surface area contributed by atoms with Gasteiger partial charge in [0.05, 0.1) is 5.60 Å². The second-order valence-corrected chi connectivity index (χ2v) is 4.31. The zero-order valence-electron chi connectivity index (χ0n) is 8.13. The first-order valence-electron chi connectivity index (χ1n) is 4.39. The highest BCUT2D eigenvalue weighted by Crippen LogP contribution is 2.26. The highest BCUT2D eigenvalue weighted by Gasteiger charge is 2.31. The van der Waals surface area contributed by atoms with Gasteiger partial charge in [0.1, 0.15) is 0 Å². The molecule has 0 radical (unpaired) electrons. The molecule has 1 atom stereocenters. The summed E-state index contributed by atoms with van der Waals surface area (Å²) in [5.41, 5.74) is -0.544. The molecule has 0 aliphatic carbocycles. The number of hydrogen-bond acceptors (Lipinski definition) is 3. The summed E-state index contributed by atoms with van der Waals surface area (Å²) >= 11 is 1.80. The van der Waals surface area contributed by atoms with Crippen LogP contribution < -0.4 is 10.6 Å². The van der Waals surface area contributed by atoms with Gasteiger partial charge in [0.15, 0.2) is 5.96 Å². The van der Waals surface area contributed by atoms with Crippen molar-refractivity contribution in [3.63, 3.8) is 0 Å². The number of aliphatic hydroxyl groups is 1. The number of guanidine groups is 1. The minimum atomic E-state index is -0.544. The smallest absolute Gasteiger partial charge is 0.190 e. The van der Waals surface area contributed by atoms with Crippen LogP contribution in [0.25, 0.3) is 0 Å². The van der Waals surface area contributed by atoms with E-state index in [1.54, 1.807) is 18.8 Å². The van der Waals surface area contributed by atoms with Crippen LogP contribution in [0.4, 0.5) is 0 Å². The Balaban J connectivity index is 2.32. The molecule has 1 heterocycles. The Morgan fingerprint density at radius 3 is 2.92 bits per heavy atom. The van der Waals surface area contributed by atoms with E-state index >= 15 is 0 Å². The normalized spacial score (nSPS) is 29.0. The molecule has 5 heteroatoms. The zero-order chi connectivity index (χ0) is 9.73. The van der Waals surface area contributed by atoms with Crippen molar-refractivity contribution in [2.24, 2.45) is 4.99 Å². The second kappa shape index (κ2) is 4.72. The minimum Gasteiger partial charge on any atom is -0.387 e. The van der Waals surface area contributed by atoms with Crippen molar-refractivity contribution < 1.29 is 5.11 Å². The summed E-state index contributed by atoms with van der Waals surface area (Å²) in [6, 6.07) is 0. The Labute approximate surface area is 83.2 Å². The summed E-state index contributed by atoms with van der Waals surface area (Å²) in [4.78, 5) is 3.98. The molecule has 0 bridgehead atoms. The van der Waals surface area contributed by atoms with Crippen molar-refractivity contribution in [1.82, 2.24) is 10.6 Å². The third-order valence-corrected chi connectivity index (χ3v) is 3.36. The van der Waals surface area contributed by atoms with E-state index in [1.165, 1.54) is 0 Å². The summed E-state index contributed by atoms with van der Waals surface area (Å²) in [5.74, 6) is 2.60. The van der Waals surface area contributed by atoms with Gasteiger partial charge in [0.2, 0.25) is 0 Å². The van der Waals surface area contributed by atoms with Crippen LogP contribution in [0.3, 0.4) is 0 Å². The van der Waals surface area contributed by atoms with E-state index in [2.05, 4.69) is 15.6 Å². The van der Waals surface area contributed by atoms with Crippen molar-refractivity contribution >= 4 is 17.7 Å². The van der Waals surface area contributed by atoms with Crippen molar-refractivity contribution in [3.8, 4) is 0 Å². The fourth-order valence-electron chi connectivity index (χ4n) is 1.26. The van der Waals surface area contributed by atoms with Crippen molar-refractivity contribution in [2.75, 3.05) is 32.1 Å². The molecule has 13 heavy (non-hydrogen) atoms. The van der Waals surface area contributed by atoms with Gasteiger partial charge in [-0.1, -0.05) is 0 Å². The number of nitrogens with zero attached hydrogens (tertiary/aromatic N) is 1. The van der Waals surface area contributed by atoms with Gasteiger partial charge < -0.3 is 15.7 Å². The number of rotatable bonds is 2. The van der Waals surface area contributed by atoms with Gasteiger partial charge in [-0.05, 0) is 12.2 Å². The van der Waals surface area contributed by atoms with E-state index in [4.69, 9.17) is 0 Å². The first kappa shape index (κ1) is 10.7. The summed E-state index contributed by atoms with van der Waals surface area (Å²) in [5, 5.41) is 16.0. The van der Waals surface area contributed by atoms with Crippen molar-refractivity contribution in [1.29, 1.82) is 0 Å². The lowest BCUT2D eigenvalue weighted by atomic mass is 10.0. The molecule has 0 aromatic heterocycles. The largest absolute Gasteiger partial charge is 0.387 e. The van der Waals surface area contributed by atoms with Gasteiger partial charge in [-0.15, -0.1) is 0 Å². The zero-order valence-corrected chi connectivity index (χ0v) is 8.95. The fourth-order valence-corrected chi connectivity index (χ4v) is 2.56. The number of hydrogen-bond donors (Lipinski definition) is 3. The van der Waals surface area contributed by atoms with Crippen LogP contribution in [0.15, 0.2) is 4.99 Å². The van der Waals surface area contributed by atoms with E-state index < -0.39 is 5.60 Å². The van der Waals surface area contributed by atoms with E-state index in [-0.39, 0.29) is 0 Å². The molecule has 0 spiro atoms. The molecule has 0 aromatic rings. The third-order valence-electron chi connectivity index (χ3n) is 2.13. The molecule has 4 nitrogen and oxygen atoms in total. The summed E-state index contributed by atoms with van der Waals surface area (Å²) in [6.07, 6.45) is 0.866. The molecule has 76 valence electrons. The fraction of sp³-hybridized carbons (Fsp3) is 0.875. The molecule has 0 saturated carbocycles. The quantitative estimate of drug-likeness (QED) is 0.424. The van der Waals surface area contributed by atoms with Gasteiger partial charge >= 0.3 is 0 Å². The molecule has 1 unspecified atom stereocenters. The van der Waals surface area contributed by atoms with E-state index in [1.807, 2.05) is 7.05 Å². The Bertz CT molecular complexity index is 190. The molecular weight excluding hydrogens is 186 g/mol. The lowest BCUT2D eigenvalue weighted by Gasteiger charge is -2.22. The lowest BCUT2D eigenvalue weighted by Crippen LogP contribution is -2.46. The molecule has 1 fully saturated rings.